The minimum absolute atomic E-state index is 0.112. The summed E-state index contributed by atoms with van der Waals surface area (Å²) in [5.41, 5.74) is 0. The highest BCUT2D eigenvalue weighted by Gasteiger charge is 2.44. The molecule has 0 amide bonds. The molecule has 1 heterocycles. The maximum absolute atomic E-state index is 12.7. The van der Waals surface area contributed by atoms with Crippen molar-refractivity contribution in [2.45, 2.75) is 237 Å². The first-order valence-corrected chi connectivity index (χ1v) is 22.3. The monoisotopic (exact) mass is 757 g/mol. The first-order chi connectivity index (χ1) is 25.9. The highest BCUT2D eigenvalue weighted by atomic mass is 16.7. The molecule has 0 radical (unpaired) electrons. The van der Waals surface area contributed by atoms with Crippen LogP contribution in [0.4, 0.5) is 0 Å². The summed E-state index contributed by atoms with van der Waals surface area (Å²) in [5.74, 6) is -0.320. The summed E-state index contributed by atoms with van der Waals surface area (Å²) >= 11 is 0. The number of carbonyl (C=O) groups excluding carboxylic acids is 1. The number of esters is 1. The maximum atomic E-state index is 12.7. The predicted molar refractivity (Wildman–Crippen MR) is 215 cm³/mol. The van der Waals surface area contributed by atoms with E-state index in [0.29, 0.717) is 13.0 Å². The van der Waals surface area contributed by atoms with E-state index in [2.05, 4.69) is 26.0 Å². The van der Waals surface area contributed by atoms with Gasteiger partial charge in [0.25, 0.3) is 0 Å². The van der Waals surface area contributed by atoms with Crippen LogP contribution in [0.1, 0.15) is 200 Å². The molecule has 0 aromatic heterocycles. The second-order valence-electron chi connectivity index (χ2n) is 15.5. The van der Waals surface area contributed by atoms with E-state index in [0.717, 1.165) is 44.9 Å². The molecule has 1 aliphatic heterocycles. The normalized spacial score (nSPS) is 21.1. The first kappa shape index (κ1) is 49.9. The molecule has 1 fully saturated rings. The summed E-state index contributed by atoms with van der Waals surface area (Å²) < 4.78 is 22.8. The van der Waals surface area contributed by atoms with E-state index < -0.39 is 43.4 Å². The van der Waals surface area contributed by atoms with Gasteiger partial charge >= 0.3 is 5.97 Å². The Morgan fingerprint density at radius 2 is 1.04 bits per heavy atom. The van der Waals surface area contributed by atoms with Crippen LogP contribution in [-0.4, -0.2) is 89.6 Å². The number of aliphatic hydroxyl groups is 4. The van der Waals surface area contributed by atoms with Gasteiger partial charge in [-0.1, -0.05) is 167 Å². The van der Waals surface area contributed by atoms with Crippen molar-refractivity contribution in [3.63, 3.8) is 0 Å². The molecular weight excluding hydrogens is 672 g/mol. The summed E-state index contributed by atoms with van der Waals surface area (Å²) in [6.45, 7) is 4.56. The van der Waals surface area contributed by atoms with Gasteiger partial charge in [0.1, 0.15) is 30.5 Å². The van der Waals surface area contributed by atoms with Crippen LogP contribution in [0.2, 0.25) is 0 Å². The van der Waals surface area contributed by atoms with Gasteiger partial charge in [0.05, 0.1) is 19.8 Å². The van der Waals surface area contributed by atoms with Crippen LogP contribution in [0, 0.1) is 0 Å². The van der Waals surface area contributed by atoms with Crippen molar-refractivity contribution in [3.05, 3.63) is 12.2 Å². The number of aliphatic hydroxyl groups excluding tert-OH is 4. The van der Waals surface area contributed by atoms with Crippen LogP contribution in [-0.2, 0) is 23.7 Å². The minimum Gasteiger partial charge on any atom is -0.457 e. The predicted octanol–water partition coefficient (Wildman–Crippen LogP) is 9.64. The summed E-state index contributed by atoms with van der Waals surface area (Å²) in [5, 5.41) is 40.1. The van der Waals surface area contributed by atoms with Gasteiger partial charge in [-0.05, 0) is 38.5 Å². The molecule has 0 spiro atoms. The lowest BCUT2D eigenvalue weighted by Crippen LogP contribution is -2.59. The quantitative estimate of drug-likeness (QED) is 0.0276. The van der Waals surface area contributed by atoms with Crippen molar-refractivity contribution in [2.75, 3.05) is 26.4 Å². The van der Waals surface area contributed by atoms with Crippen LogP contribution in [0.5, 0.6) is 0 Å². The third-order valence-electron chi connectivity index (χ3n) is 10.4. The summed E-state index contributed by atoms with van der Waals surface area (Å²) in [4.78, 5) is 12.7. The van der Waals surface area contributed by atoms with Crippen molar-refractivity contribution >= 4 is 5.97 Å². The lowest BCUT2D eigenvalue weighted by Gasteiger charge is -2.39. The van der Waals surface area contributed by atoms with E-state index in [1.54, 1.807) is 0 Å². The van der Waals surface area contributed by atoms with Crippen molar-refractivity contribution in [1.29, 1.82) is 0 Å². The topological polar surface area (TPSA) is 135 Å². The van der Waals surface area contributed by atoms with Crippen LogP contribution >= 0.6 is 0 Å². The SMILES string of the molecule is CCCCCC/C=C\CCCCCCCC(=O)OC(COCCCCCCCCCCCCCCCCCCC)COC1OC(CO)C(O)C(O)C1O. The molecule has 0 aromatic carbocycles. The van der Waals surface area contributed by atoms with Crippen molar-refractivity contribution < 1.29 is 44.2 Å². The Balaban J connectivity index is 2.25. The number of ether oxygens (including phenoxy) is 4. The first-order valence-electron chi connectivity index (χ1n) is 22.3. The Hall–Kier alpha value is -1.07. The van der Waals surface area contributed by atoms with E-state index >= 15 is 0 Å². The zero-order valence-electron chi connectivity index (χ0n) is 34.3. The van der Waals surface area contributed by atoms with E-state index in [4.69, 9.17) is 18.9 Å². The number of allylic oxidation sites excluding steroid dienone is 2. The van der Waals surface area contributed by atoms with Crippen LogP contribution in [0.3, 0.4) is 0 Å². The van der Waals surface area contributed by atoms with Gasteiger partial charge in [-0.2, -0.15) is 0 Å². The fourth-order valence-corrected chi connectivity index (χ4v) is 6.90. The highest BCUT2D eigenvalue weighted by Crippen LogP contribution is 2.22. The molecular formula is C44H84O9. The highest BCUT2D eigenvalue weighted by molar-refractivity contribution is 5.69. The summed E-state index contributed by atoms with van der Waals surface area (Å²) in [7, 11) is 0. The summed E-state index contributed by atoms with van der Waals surface area (Å²) in [6, 6.07) is 0. The molecule has 1 saturated heterocycles. The van der Waals surface area contributed by atoms with Crippen LogP contribution in [0.25, 0.3) is 0 Å². The molecule has 9 nitrogen and oxygen atoms in total. The standard InChI is InChI=1S/C44H84O9/c1-3-5-7-9-11-13-15-17-18-19-20-22-24-26-28-30-32-34-50-36-38(37-51-44-43(49)42(48)41(47)39(35-45)53-44)52-40(46)33-31-29-27-25-23-21-16-14-12-10-8-6-4-2/h14,16,38-39,41-45,47-49H,3-13,15,17-37H2,1-2H3/b16-14-. The zero-order valence-corrected chi connectivity index (χ0v) is 34.3. The smallest absolute Gasteiger partial charge is 0.306 e. The van der Waals surface area contributed by atoms with Gasteiger partial charge < -0.3 is 39.4 Å². The Morgan fingerprint density at radius 1 is 0.585 bits per heavy atom. The Bertz CT molecular complexity index is 823. The summed E-state index contributed by atoms with van der Waals surface area (Å²) in [6.07, 6.45) is 32.3. The van der Waals surface area contributed by atoms with Crippen molar-refractivity contribution in [1.82, 2.24) is 0 Å². The molecule has 53 heavy (non-hydrogen) atoms. The molecule has 1 rings (SSSR count). The molecule has 314 valence electrons. The molecule has 1 aliphatic rings. The average Bonchev–Trinajstić information content (AvgIpc) is 3.16. The average molecular weight is 757 g/mol. The Labute approximate surface area is 325 Å². The fraction of sp³-hybridized carbons (Fsp3) is 0.932. The third kappa shape index (κ3) is 28.1. The number of hydrogen-bond acceptors (Lipinski definition) is 9. The molecule has 6 unspecified atom stereocenters. The minimum atomic E-state index is -1.53. The molecule has 0 bridgehead atoms. The molecule has 4 N–H and O–H groups in total. The van der Waals surface area contributed by atoms with E-state index in [9.17, 15) is 25.2 Å². The fourth-order valence-electron chi connectivity index (χ4n) is 6.90. The Morgan fingerprint density at radius 3 is 1.55 bits per heavy atom. The van der Waals surface area contributed by atoms with Gasteiger partial charge in [-0.15, -0.1) is 0 Å². The number of unbranched alkanes of at least 4 members (excludes halogenated alkanes) is 25. The number of carbonyl (C=O) groups is 1. The van der Waals surface area contributed by atoms with Crippen molar-refractivity contribution in [3.8, 4) is 0 Å². The van der Waals surface area contributed by atoms with Crippen LogP contribution < -0.4 is 0 Å². The lowest BCUT2D eigenvalue weighted by atomic mass is 9.99. The van der Waals surface area contributed by atoms with E-state index in [1.165, 1.54) is 135 Å². The lowest BCUT2D eigenvalue weighted by molar-refractivity contribution is -0.305. The number of rotatable bonds is 38. The van der Waals surface area contributed by atoms with Crippen LogP contribution in [0.15, 0.2) is 12.2 Å². The molecule has 6 atom stereocenters. The molecule has 9 heteroatoms. The second kappa shape index (κ2) is 36.6. The van der Waals surface area contributed by atoms with Gasteiger partial charge in [0.2, 0.25) is 0 Å². The largest absolute Gasteiger partial charge is 0.457 e. The second-order valence-corrected chi connectivity index (χ2v) is 15.5. The van der Waals surface area contributed by atoms with Gasteiger partial charge in [0.15, 0.2) is 6.29 Å². The molecule has 0 aromatic rings. The maximum Gasteiger partial charge on any atom is 0.306 e. The number of hydrogen-bond donors (Lipinski definition) is 4. The Kier molecular flexibility index (Phi) is 34.5. The molecule has 0 aliphatic carbocycles. The zero-order chi connectivity index (χ0) is 38.6. The van der Waals surface area contributed by atoms with E-state index in [-0.39, 0.29) is 19.2 Å². The van der Waals surface area contributed by atoms with E-state index in [1.807, 2.05) is 0 Å². The van der Waals surface area contributed by atoms with Gasteiger partial charge in [0, 0.05) is 13.0 Å². The van der Waals surface area contributed by atoms with Gasteiger partial charge in [-0.25, -0.2) is 0 Å². The van der Waals surface area contributed by atoms with Gasteiger partial charge in [-0.3, -0.25) is 4.79 Å². The third-order valence-corrected chi connectivity index (χ3v) is 10.4. The molecule has 0 saturated carbocycles. The van der Waals surface area contributed by atoms with Crippen molar-refractivity contribution in [2.24, 2.45) is 0 Å².